The maximum atomic E-state index is 13.7. The minimum absolute atomic E-state index is 0.0279. The average molecular weight is 428 g/mol. The molecule has 0 aliphatic carbocycles. The van der Waals surface area contributed by atoms with Gasteiger partial charge in [-0.3, -0.25) is 4.90 Å². The number of nitrogens with zero attached hydrogens (tertiary/aromatic N) is 5. The van der Waals surface area contributed by atoms with E-state index in [1.165, 1.54) is 17.1 Å². The van der Waals surface area contributed by atoms with E-state index in [0.29, 0.717) is 30.2 Å². The smallest absolute Gasteiger partial charge is 0.248 e. The zero-order valence-corrected chi connectivity index (χ0v) is 16.6. The Morgan fingerprint density at radius 3 is 2.74 bits per heavy atom. The van der Waals surface area contributed by atoms with Crippen LogP contribution in [0.4, 0.5) is 8.78 Å². The fourth-order valence-corrected chi connectivity index (χ4v) is 4.44. The lowest BCUT2D eigenvalue weighted by Crippen LogP contribution is -2.55. The van der Waals surface area contributed by atoms with Gasteiger partial charge in [0.05, 0.1) is 6.26 Å². The van der Waals surface area contributed by atoms with Crippen LogP contribution in [-0.2, 0) is 12.2 Å². The number of hydrazine groups is 1. The Morgan fingerprint density at radius 2 is 2.00 bits per heavy atom. The van der Waals surface area contributed by atoms with Crippen LogP contribution in [0, 0.1) is 11.6 Å². The van der Waals surface area contributed by atoms with Crippen molar-refractivity contribution in [1.29, 1.82) is 0 Å². The van der Waals surface area contributed by atoms with Gasteiger partial charge >= 0.3 is 0 Å². The summed E-state index contributed by atoms with van der Waals surface area (Å²) in [6.45, 7) is 1.24. The summed E-state index contributed by atoms with van der Waals surface area (Å²) >= 11 is 0. The van der Waals surface area contributed by atoms with Crippen LogP contribution in [0.15, 0.2) is 56.0 Å². The molecule has 5 N–H and O–H groups in total. The quantitative estimate of drug-likeness (QED) is 0.665. The summed E-state index contributed by atoms with van der Waals surface area (Å²) in [5, 5.41) is 1.49. The van der Waals surface area contributed by atoms with Crippen LogP contribution in [0.5, 0.6) is 0 Å². The number of nitrogens with two attached hydrogens (primary N) is 2. The van der Waals surface area contributed by atoms with E-state index < -0.39 is 17.3 Å². The monoisotopic (exact) mass is 428 g/mol. The molecule has 5 rings (SSSR count). The van der Waals surface area contributed by atoms with Crippen LogP contribution >= 0.6 is 0 Å². The highest BCUT2D eigenvalue weighted by atomic mass is 19.1. The molecule has 11 heteroatoms. The zero-order chi connectivity index (χ0) is 21.6. The molecule has 3 aliphatic heterocycles. The average Bonchev–Trinajstić information content (AvgIpc) is 3.42. The summed E-state index contributed by atoms with van der Waals surface area (Å²) in [5.41, 5.74) is 14.7. The lowest BCUT2D eigenvalue weighted by Gasteiger charge is -2.33. The van der Waals surface area contributed by atoms with Crippen LogP contribution in [0.1, 0.15) is 30.6 Å². The fourth-order valence-electron chi connectivity index (χ4n) is 4.44. The number of halogens is 2. The summed E-state index contributed by atoms with van der Waals surface area (Å²) in [6.07, 6.45) is 3.97. The molecule has 1 fully saturated rings. The molecule has 0 saturated carbocycles. The van der Waals surface area contributed by atoms with Crippen LogP contribution in [0.25, 0.3) is 0 Å². The molecule has 1 aromatic carbocycles. The van der Waals surface area contributed by atoms with Gasteiger partial charge in [-0.05, 0) is 49.2 Å². The molecular weight excluding hydrogens is 406 g/mol. The zero-order valence-electron chi connectivity index (χ0n) is 16.6. The van der Waals surface area contributed by atoms with Crippen LogP contribution < -0.4 is 16.9 Å². The number of furan rings is 1. The van der Waals surface area contributed by atoms with Crippen molar-refractivity contribution in [2.75, 3.05) is 6.54 Å². The van der Waals surface area contributed by atoms with Gasteiger partial charge in [0.1, 0.15) is 17.4 Å². The molecule has 1 saturated heterocycles. The largest absolute Gasteiger partial charge is 0.465 e. The highest BCUT2D eigenvalue weighted by Gasteiger charge is 2.48. The molecule has 0 radical (unpaired) electrons. The number of fused-ring (bicyclic) bond motifs is 1. The number of guanidine groups is 3. The second kappa shape index (κ2) is 7.43. The van der Waals surface area contributed by atoms with Gasteiger partial charge in [-0.2, -0.15) is 15.4 Å². The second-order valence-electron chi connectivity index (χ2n) is 7.88. The van der Waals surface area contributed by atoms with Crippen LogP contribution in [0.3, 0.4) is 0 Å². The number of aliphatic imine (C=N–C) groups is 3. The van der Waals surface area contributed by atoms with Crippen molar-refractivity contribution in [3.05, 3.63) is 59.6 Å². The normalized spacial score (nSPS) is 25.9. The van der Waals surface area contributed by atoms with Crippen molar-refractivity contribution in [3.63, 3.8) is 0 Å². The Kier molecular flexibility index (Phi) is 4.71. The lowest BCUT2D eigenvalue weighted by atomic mass is 9.96. The van der Waals surface area contributed by atoms with E-state index >= 15 is 0 Å². The summed E-state index contributed by atoms with van der Waals surface area (Å²) in [5.74, 6) is -0.0939. The Labute approximate surface area is 177 Å². The van der Waals surface area contributed by atoms with Gasteiger partial charge in [-0.15, -0.1) is 0 Å². The van der Waals surface area contributed by atoms with E-state index in [9.17, 15) is 8.78 Å². The molecule has 2 unspecified atom stereocenters. The number of hydrogen-bond donors (Lipinski definition) is 3. The molecule has 0 amide bonds. The Bertz CT molecular complexity index is 1060. The van der Waals surface area contributed by atoms with E-state index in [-0.39, 0.29) is 18.0 Å². The second-order valence-corrected chi connectivity index (χ2v) is 7.88. The van der Waals surface area contributed by atoms with Gasteiger partial charge in [0, 0.05) is 25.1 Å². The van der Waals surface area contributed by atoms with Gasteiger partial charge in [-0.25, -0.2) is 18.8 Å². The first-order valence-corrected chi connectivity index (χ1v) is 10.0. The minimum Gasteiger partial charge on any atom is -0.465 e. The SMILES string of the molecule is NC1=NC2=NC(CC3CCCN3Cc3cc(F)cc(F)c3)(c3ccco3)NN2C(N)=N1. The van der Waals surface area contributed by atoms with E-state index in [1.807, 2.05) is 6.07 Å². The number of nitrogens with one attached hydrogen (secondary N) is 1. The van der Waals surface area contributed by atoms with Gasteiger partial charge in [0.15, 0.2) is 5.66 Å². The number of hydrogen-bond acceptors (Lipinski definition) is 9. The standard InChI is InChI=1S/C20H22F2N8O/c21-13-7-12(8-14(22)9-13)11-29-5-1-3-15(29)10-20(16-4-2-6-31-16)27-19-26-17(23)25-18(24)30(19)28-20/h2,4,6-9,15,28H,1,3,5,10-11H2,(H4,23,24,25,26,27). The third kappa shape index (κ3) is 3.66. The molecule has 2 aromatic rings. The molecule has 0 spiro atoms. The summed E-state index contributed by atoms with van der Waals surface area (Å²) in [6, 6.07) is 7.30. The van der Waals surface area contributed by atoms with Crippen molar-refractivity contribution in [2.45, 2.75) is 37.5 Å². The molecular formula is C20H22F2N8O. The van der Waals surface area contributed by atoms with Gasteiger partial charge in [0.25, 0.3) is 0 Å². The Hall–Kier alpha value is -3.31. The Balaban J connectivity index is 1.43. The molecule has 4 heterocycles. The summed E-state index contributed by atoms with van der Waals surface area (Å²) in [4.78, 5) is 15.1. The van der Waals surface area contributed by atoms with Crippen molar-refractivity contribution in [2.24, 2.45) is 26.4 Å². The van der Waals surface area contributed by atoms with Gasteiger partial charge in [0.2, 0.25) is 17.9 Å². The maximum Gasteiger partial charge on any atom is 0.248 e. The molecule has 0 bridgehead atoms. The van der Waals surface area contributed by atoms with E-state index in [1.54, 1.807) is 12.3 Å². The summed E-state index contributed by atoms with van der Waals surface area (Å²) in [7, 11) is 0. The highest BCUT2D eigenvalue weighted by molar-refractivity contribution is 6.11. The van der Waals surface area contributed by atoms with Crippen molar-refractivity contribution in [1.82, 2.24) is 15.3 Å². The maximum absolute atomic E-state index is 13.7. The number of benzene rings is 1. The molecule has 1 aromatic heterocycles. The first-order valence-electron chi connectivity index (χ1n) is 10.0. The van der Waals surface area contributed by atoms with Crippen molar-refractivity contribution >= 4 is 17.9 Å². The topological polar surface area (TPSA) is 121 Å². The molecule has 9 nitrogen and oxygen atoms in total. The third-order valence-corrected chi connectivity index (χ3v) is 5.73. The summed E-state index contributed by atoms with van der Waals surface area (Å²) < 4.78 is 33.0. The molecule has 162 valence electrons. The number of likely N-dealkylation sites (tertiary alicyclic amines) is 1. The van der Waals surface area contributed by atoms with Crippen LogP contribution in [-0.4, -0.2) is 40.4 Å². The third-order valence-electron chi connectivity index (χ3n) is 5.73. The first-order chi connectivity index (χ1) is 14.9. The fraction of sp³-hybridized carbons (Fsp3) is 0.350. The minimum atomic E-state index is -0.965. The highest BCUT2D eigenvalue weighted by Crippen LogP contribution is 2.38. The van der Waals surface area contributed by atoms with E-state index in [2.05, 4.69) is 20.3 Å². The van der Waals surface area contributed by atoms with Gasteiger partial charge in [-0.1, -0.05) is 0 Å². The van der Waals surface area contributed by atoms with E-state index in [0.717, 1.165) is 25.5 Å². The van der Waals surface area contributed by atoms with Crippen molar-refractivity contribution in [3.8, 4) is 0 Å². The van der Waals surface area contributed by atoms with Crippen LogP contribution in [0.2, 0.25) is 0 Å². The predicted octanol–water partition coefficient (Wildman–Crippen LogP) is 1.58. The lowest BCUT2D eigenvalue weighted by molar-refractivity contribution is 0.147. The predicted molar refractivity (Wildman–Crippen MR) is 110 cm³/mol. The number of rotatable bonds is 5. The van der Waals surface area contributed by atoms with E-state index in [4.69, 9.17) is 20.9 Å². The van der Waals surface area contributed by atoms with Gasteiger partial charge < -0.3 is 15.9 Å². The first kappa shape index (κ1) is 19.6. The van der Waals surface area contributed by atoms with Crippen molar-refractivity contribution < 1.29 is 13.2 Å². The Morgan fingerprint density at radius 1 is 1.19 bits per heavy atom. The molecule has 2 atom stereocenters. The molecule has 3 aliphatic rings. The molecule has 31 heavy (non-hydrogen) atoms.